The average molecular weight is 262 g/mol. The minimum Gasteiger partial charge on any atom is -0.492 e. The van der Waals surface area contributed by atoms with Gasteiger partial charge in [0.2, 0.25) is 0 Å². The number of rotatable bonds is 7. The van der Waals surface area contributed by atoms with E-state index in [0.29, 0.717) is 0 Å². The largest absolute Gasteiger partial charge is 0.492 e. The van der Waals surface area contributed by atoms with Gasteiger partial charge in [0.25, 0.3) is 0 Å². The third-order valence-corrected chi connectivity index (χ3v) is 3.65. The van der Waals surface area contributed by atoms with E-state index in [1.165, 1.54) is 37.9 Å². The molecule has 106 valence electrons. The van der Waals surface area contributed by atoms with Crippen LogP contribution in [0.25, 0.3) is 0 Å². The zero-order chi connectivity index (χ0) is 13.3. The third kappa shape index (κ3) is 4.84. The summed E-state index contributed by atoms with van der Waals surface area (Å²) in [5.41, 5.74) is 1.25. The molecule has 1 fully saturated rings. The minimum absolute atomic E-state index is 0.795. The van der Waals surface area contributed by atoms with E-state index < -0.39 is 0 Å². The Balaban J connectivity index is 1.77. The normalized spacial score (nSPS) is 16.5. The monoisotopic (exact) mass is 262 g/mol. The van der Waals surface area contributed by atoms with Crippen molar-refractivity contribution in [2.24, 2.45) is 0 Å². The van der Waals surface area contributed by atoms with Gasteiger partial charge in [-0.25, -0.2) is 0 Å². The predicted molar refractivity (Wildman–Crippen MR) is 79.6 cm³/mol. The van der Waals surface area contributed by atoms with E-state index in [4.69, 9.17) is 4.74 Å². The number of hydrogen-bond donors (Lipinski definition) is 1. The Kier molecular flexibility index (Phi) is 6.18. The maximum atomic E-state index is 5.96. The lowest BCUT2D eigenvalue weighted by atomic mass is 10.1. The molecule has 0 amide bonds. The van der Waals surface area contributed by atoms with E-state index in [-0.39, 0.29) is 0 Å². The number of benzene rings is 1. The van der Waals surface area contributed by atoms with Crippen LogP contribution in [-0.4, -0.2) is 37.7 Å². The fourth-order valence-electron chi connectivity index (χ4n) is 2.52. The molecular weight excluding hydrogens is 236 g/mol. The summed E-state index contributed by atoms with van der Waals surface area (Å²) in [4.78, 5) is 2.51. The number of ether oxygens (including phenoxy) is 1. The molecule has 3 heteroatoms. The summed E-state index contributed by atoms with van der Waals surface area (Å²) < 4.78 is 5.96. The lowest BCUT2D eigenvalue weighted by Gasteiger charge is -2.26. The molecule has 1 aromatic carbocycles. The standard InChI is InChI=1S/C16H26N2O/c1-2-17-14-15-8-4-5-9-16(15)19-13-12-18-10-6-3-7-11-18/h4-5,8-9,17H,2-3,6-7,10-14H2,1H3. The topological polar surface area (TPSA) is 24.5 Å². The summed E-state index contributed by atoms with van der Waals surface area (Å²) in [6.45, 7) is 8.32. The second-order valence-corrected chi connectivity index (χ2v) is 5.14. The fraction of sp³-hybridized carbons (Fsp3) is 0.625. The van der Waals surface area contributed by atoms with Gasteiger partial charge in [0.1, 0.15) is 12.4 Å². The van der Waals surface area contributed by atoms with Crippen molar-refractivity contribution in [3.05, 3.63) is 29.8 Å². The zero-order valence-corrected chi connectivity index (χ0v) is 12.0. The average Bonchev–Trinajstić information content (AvgIpc) is 2.47. The van der Waals surface area contributed by atoms with Crippen molar-refractivity contribution < 1.29 is 4.74 Å². The first-order chi connectivity index (χ1) is 9.40. The van der Waals surface area contributed by atoms with E-state index in [9.17, 15) is 0 Å². The first-order valence-electron chi connectivity index (χ1n) is 7.54. The zero-order valence-electron chi connectivity index (χ0n) is 12.0. The molecule has 0 saturated carbocycles. The maximum absolute atomic E-state index is 5.96. The Morgan fingerprint density at radius 3 is 2.74 bits per heavy atom. The van der Waals surface area contributed by atoms with Gasteiger partial charge in [-0.2, -0.15) is 0 Å². The Morgan fingerprint density at radius 1 is 1.16 bits per heavy atom. The summed E-state index contributed by atoms with van der Waals surface area (Å²) in [6.07, 6.45) is 4.08. The molecule has 19 heavy (non-hydrogen) atoms. The Hall–Kier alpha value is -1.06. The van der Waals surface area contributed by atoms with Crippen LogP contribution in [0.4, 0.5) is 0 Å². The molecular formula is C16H26N2O. The second-order valence-electron chi connectivity index (χ2n) is 5.14. The predicted octanol–water partition coefficient (Wildman–Crippen LogP) is 2.66. The molecule has 0 atom stereocenters. The number of hydrogen-bond acceptors (Lipinski definition) is 3. The number of likely N-dealkylation sites (tertiary alicyclic amines) is 1. The van der Waals surface area contributed by atoms with Crippen molar-refractivity contribution >= 4 is 0 Å². The van der Waals surface area contributed by atoms with Gasteiger partial charge in [0, 0.05) is 18.7 Å². The Bertz CT molecular complexity index is 362. The van der Waals surface area contributed by atoms with Crippen molar-refractivity contribution in [3.63, 3.8) is 0 Å². The van der Waals surface area contributed by atoms with Crippen LogP contribution in [0, 0.1) is 0 Å². The second kappa shape index (κ2) is 8.18. The van der Waals surface area contributed by atoms with E-state index in [0.717, 1.165) is 32.0 Å². The van der Waals surface area contributed by atoms with Crippen LogP contribution in [0.5, 0.6) is 5.75 Å². The quantitative estimate of drug-likeness (QED) is 0.817. The van der Waals surface area contributed by atoms with E-state index in [2.05, 4.69) is 35.3 Å². The smallest absolute Gasteiger partial charge is 0.123 e. The van der Waals surface area contributed by atoms with Crippen molar-refractivity contribution in [1.29, 1.82) is 0 Å². The molecule has 1 aliphatic heterocycles. The number of piperidine rings is 1. The highest BCUT2D eigenvalue weighted by Gasteiger charge is 2.10. The molecule has 0 aliphatic carbocycles. The van der Waals surface area contributed by atoms with Crippen LogP contribution < -0.4 is 10.1 Å². The van der Waals surface area contributed by atoms with Crippen LogP contribution in [-0.2, 0) is 6.54 Å². The van der Waals surface area contributed by atoms with Gasteiger partial charge in [-0.15, -0.1) is 0 Å². The highest BCUT2D eigenvalue weighted by molar-refractivity contribution is 5.33. The Labute approximate surface area is 116 Å². The maximum Gasteiger partial charge on any atom is 0.123 e. The molecule has 0 unspecified atom stereocenters. The Morgan fingerprint density at radius 2 is 1.95 bits per heavy atom. The highest BCUT2D eigenvalue weighted by atomic mass is 16.5. The molecule has 2 rings (SSSR count). The number of para-hydroxylation sites is 1. The SMILES string of the molecule is CCNCc1ccccc1OCCN1CCCCC1. The van der Waals surface area contributed by atoms with E-state index in [1.54, 1.807) is 0 Å². The molecule has 0 radical (unpaired) electrons. The van der Waals surface area contributed by atoms with Crippen LogP contribution in [0.1, 0.15) is 31.7 Å². The number of nitrogens with zero attached hydrogens (tertiary/aromatic N) is 1. The van der Waals surface area contributed by atoms with Crippen LogP contribution in [0.3, 0.4) is 0 Å². The first kappa shape index (κ1) is 14.4. The van der Waals surface area contributed by atoms with E-state index >= 15 is 0 Å². The first-order valence-corrected chi connectivity index (χ1v) is 7.54. The van der Waals surface area contributed by atoms with Crippen LogP contribution in [0.2, 0.25) is 0 Å². The summed E-state index contributed by atoms with van der Waals surface area (Å²) in [7, 11) is 0. The highest BCUT2D eigenvalue weighted by Crippen LogP contribution is 2.18. The van der Waals surface area contributed by atoms with Crippen molar-refractivity contribution in [3.8, 4) is 5.75 Å². The number of nitrogens with one attached hydrogen (secondary N) is 1. The summed E-state index contributed by atoms with van der Waals surface area (Å²) in [5, 5.41) is 3.35. The summed E-state index contributed by atoms with van der Waals surface area (Å²) >= 11 is 0. The molecule has 0 aromatic heterocycles. The summed E-state index contributed by atoms with van der Waals surface area (Å²) in [6, 6.07) is 8.33. The molecule has 0 spiro atoms. The van der Waals surface area contributed by atoms with Gasteiger partial charge in [0.15, 0.2) is 0 Å². The molecule has 1 heterocycles. The van der Waals surface area contributed by atoms with E-state index in [1.807, 2.05) is 6.07 Å². The molecule has 1 saturated heterocycles. The van der Waals surface area contributed by atoms with Crippen molar-refractivity contribution in [2.75, 3.05) is 32.8 Å². The van der Waals surface area contributed by atoms with Gasteiger partial charge in [-0.3, -0.25) is 4.90 Å². The molecule has 0 bridgehead atoms. The fourth-order valence-corrected chi connectivity index (χ4v) is 2.52. The van der Waals surface area contributed by atoms with Gasteiger partial charge in [-0.05, 0) is 38.5 Å². The minimum atomic E-state index is 0.795. The molecule has 1 N–H and O–H groups in total. The third-order valence-electron chi connectivity index (χ3n) is 3.65. The van der Waals surface area contributed by atoms with Gasteiger partial charge in [0.05, 0.1) is 0 Å². The molecule has 1 aromatic rings. The van der Waals surface area contributed by atoms with Gasteiger partial charge < -0.3 is 10.1 Å². The lowest BCUT2D eigenvalue weighted by molar-refractivity contribution is 0.182. The van der Waals surface area contributed by atoms with Gasteiger partial charge in [-0.1, -0.05) is 31.5 Å². The van der Waals surface area contributed by atoms with Crippen molar-refractivity contribution in [1.82, 2.24) is 10.2 Å². The molecule has 1 aliphatic rings. The van der Waals surface area contributed by atoms with Crippen molar-refractivity contribution in [2.45, 2.75) is 32.7 Å². The van der Waals surface area contributed by atoms with Crippen LogP contribution in [0.15, 0.2) is 24.3 Å². The van der Waals surface area contributed by atoms with Gasteiger partial charge >= 0.3 is 0 Å². The lowest BCUT2D eigenvalue weighted by Crippen LogP contribution is -2.33. The molecule has 3 nitrogen and oxygen atoms in total. The van der Waals surface area contributed by atoms with Crippen LogP contribution >= 0.6 is 0 Å². The summed E-state index contributed by atoms with van der Waals surface area (Å²) in [5.74, 6) is 1.03.